The minimum Gasteiger partial charge on any atom is -0.406 e. The number of carbonyl (C=O) groups is 1. The third kappa shape index (κ3) is 4.19. The zero-order valence-electron chi connectivity index (χ0n) is 17.6. The zero-order valence-corrected chi connectivity index (χ0v) is 17.6. The molecule has 3 aromatic heterocycles. The van der Waals surface area contributed by atoms with Gasteiger partial charge in [-0.15, -0.1) is 0 Å². The monoisotopic (exact) mass is 425 g/mol. The molecule has 4 aromatic rings. The third-order valence-electron chi connectivity index (χ3n) is 5.05. The van der Waals surface area contributed by atoms with Crippen LogP contribution in [0.5, 0.6) is 5.75 Å². The summed E-state index contributed by atoms with van der Waals surface area (Å²) in [6.45, 7) is 4.37. The number of hydrogen-bond acceptors (Lipinski definition) is 6. The number of carbonyl (C=O) groups excluding carboxylic acids is 1. The van der Waals surface area contributed by atoms with Crippen LogP contribution in [-0.4, -0.2) is 42.9 Å². The zero-order chi connectivity index (χ0) is 22.2. The van der Waals surface area contributed by atoms with Gasteiger partial charge < -0.3 is 20.8 Å². The summed E-state index contributed by atoms with van der Waals surface area (Å²) >= 11 is 0. The molecule has 0 aliphatic heterocycles. The van der Waals surface area contributed by atoms with Crippen molar-refractivity contribution in [3.63, 3.8) is 0 Å². The van der Waals surface area contributed by atoms with E-state index in [9.17, 15) is 9.18 Å². The second-order valence-electron chi connectivity index (χ2n) is 8.03. The van der Waals surface area contributed by atoms with Crippen molar-refractivity contribution in [1.29, 1.82) is 0 Å². The summed E-state index contributed by atoms with van der Waals surface area (Å²) in [7, 11) is 1.73. The van der Waals surface area contributed by atoms with Gasteiger partial charge in [-0.3, -0.25) is 4.68 Å². The van der Waals surface area contributed by atoms with Crippen LogP contribution < -0.4 is 15.8 Å². The summed E-state index contributed by atoms with van der Waals surface area (Å²) in [5, 5.41) is 8.06. The molecule has 4 rings (SSSR count). The number of rotatable bonds is 6. The number of ether oxygens (including phenoxy) is 1. The lowest BCUT2D eigenvalue weighted by Gasteiger charge is -2.25. The van der Waals surface area contributed by atoms with E-state index in [1.807, 2.05) is 13.8 Å². The van der Waals surface area contributed by atoms with Crippen molar-refractivity contribution in [3.05, 3.63) is 36.4 Å². The van der Waals surface area contributed by atoms with Crippen molar-refractivity contribution in [2.24, 2.45) is 12.8 Å². The largest absolute Gasteiger partial charge is 0.413 e. The fourth-order valence-electron chi connectivity index (χ4n) is 3.49. The summed E-state index contributed by atoms with van der Waals surface area (Å²) in [5.41, 5.74) is 7.65. The number of aryl methyl sites for hydroxylation is 1. The number of aromatic amines is 1. The molecular formula is C21H24FN7O2. The molecule has 0 fully saturated rings. The Balaban J connectivity index is 1.64. The number of nitrogens with one attached hydrogen (secondary N) is 2. The second kappa shape index (κ2) is 7.95. The normalized spacial score (nSPS) is 11.9. The number of aromatic nitrogens is 5. The van der Waals surface area contributed by atoms with Gasteiger partial charge >= 0.3 is 6.09 Å². The van der Waals surface area contributed by atoms with Crippen molar-refractivity contribution < 1.29 is 13.9 Å². The fraction of sp³-hybridized carbons (Fsp3) is 0.333. The van der Waals surface area contributed by atoms with Gasteiger partial charge in [0.05, 0.1) is 11.7 Å². The fourth-order valence-corrected chi connectivity index (χ4v) is 3.49. The maximum Gasteiger partial charge on any atom is 0.413 e. The summed E-state index contributed by atoms with van der Waals surface area (Å²) < 4.78 is 20.7. The number of halogens is 1. The lowest BCUT2D eigenvalue weighted by atomic mass is 9.99. The average molecular weight is 425 g/mol. The lowest BCUT2D eigenvalue weighted by molar-refractivity contribution is 0.187. The Hall–Kier alpha value is -3.53. The van der Waals surface area contributed by atoms with E-state index >= 15 is 0 Å². The number of H-pyrrole nitrogens is 1. The second-order valence-corrected chi connectivity index (χ2v) is 8.03. The summed E-state index contributed by atoms with van der Waals surface area (Å²) in [6.07, 6.45) is 4.03. The van der Waals surface area contributed by atoms with Crippen LogP contribution in [0.25, 0.3) is 33.5 Å². The lowest BCUT2D eigenvalue weighted by Crippen LogP contribution is -2.45. The van der Waals surface area contributed by atoms with Crippen LogP contribution in [0, 0.1) is 5.82 Å². The van der Waals surface area contributed by atoms with Gasteiger partial charge in [-0.1, -0.05) is 0 Å². The molecule has 9 nitrogen and oxygen atoms in total. The minimum atomic E-state index is -0.589. The van der Waals surface area contributed by atoms with E-state index in [0.717, 1.165) is 18.2 Å². The van der Waals surface area contributed by atoms with E-state index < -0.39 is 11.6 Å². The molecule has 0 atom stereocenters. The van der Waals surface area contributed by atoms with Crippen molar-refractivity contribution in [3.8, 4) is 17.1 Å². The van der Waals surface area contributed by atoms with Gasteiger partial charge in [-0.25, -0.2) is 19.2 Å². The maximum atomic E-state index is 13.6. The summed E-state index contributed by atoms with van der Waals surface area (Å²) in [5.74, 6) is -0.0898. The quantitative estimate of drug-likeness (QED) is 0.436. The van der Waals surface area contributed by atoms with Crippen molar-refractivity contribution in [1.82, 2.24) is 30.0 Å². The highest BCUT2D eigenvalue weighted by atomic mass is 19.1. The highest BCUT2D eigenvalue weighted by Gasteiger charge is 2.22. The van der Waals surface area contributed by atoms with Gasteiger partial charge in [0.15, 0.2) is 16.9 Å². The van der Waals surface area contributed by atoms with Crippen molar-refractivity contribution >= 4 is 28.2 Å². The number of amides is 1. The molecule has 0 unspecified atom stereocenters. The molecule has 0 aliphatic carbocycles. The molecule has 31 heavy (non-hydrogen) atoms. The maximum absolute atomic E-state index is 13.6. The first kappa shape index (κ1) is 20.7. The highest BCUT2D eigenvalue weighted by molar-refractivity contribution is 5.93. The molecule has 1 amide bonds. The van der Waals surface area contributed by atoms with E-state index in [4.69, 9.17) is 10.5 Å². The Kier molecular flexibility index (Phi) is 5.32. The highest BCUT2D eigenvalue weighted by Crippen LogP contribution is 2.30. The number of hydrogen-bond donors (Lipinski definition) is 3. The molecule has 0 bridgehead atoms. The average Bonchev–Trinajstić information content (AvgIpc) is 3.26. The van der Waals surface area contributed by atoms with E-state index in [1.165, 1.54) is 18.3 Å². The molecule has 0 spiro atoms. The summed E-state index contributed by atoms with van der Waals surface area (Å²) in [6, 6.07) is 4.45. The Morgan fingerprint density at radius 3 is 2.97 bits per heavy atom. The third-order valence-corrected chi connectivity index (χ3v) is 5.05. The van der Waals surface area contributed by atoms with Crippen molar-refractivity contribution in [2.45, 2.75) is 32.2 Å². The SMILES string of the molecule is Cn1nc(-c2cnc3[nH]cc(OC(=O)NC(C)(C)CCCN)c3n2)c2ccc(F)cc21. The number of nitrogens with zero attached hydrogens (tertiary/aromatic N) is 4. The Bertz CT molecular complexity index is 1260. The minimum absolute atomic E-state index is 0.253. The smallest absolute Gasteiger partial charge is 0.406 e. The molecular weight excluding hydrogens is 401 g/mol. The first-order chi connectivity index (χ1) is 14.8. The Labute approximate surface area is 177 Å². The van der Waals surface area contributed by atoms with Gasteiger partial charge in [-0.05, 0) is 51.4 Å². The van der Waals surface area contributed by atoms with Crippen LogP contribution in [0.2, 0.25) is 0 Å². The molecule has 3 heterocycles. The first-order valence-electron chi connectivity index (χ1n) is 9.94. The molecule has 0 radical (unpaired) electrons. The van der Waals surface area contributed by atoms with E-state index in [1.54, 1.807) is 24.0 Å². The van der Waals surface area contributed by atoms with Crippen LogP contribution in [0.3, 0.4) is 0 Å². The van der Waals surface area contributed by atoms with Crippen molar-refractivity contribution in [2.75, 3.05) is 6.54 Å². The topological polar surface area (TPSA) is 124 Å². The van der Waals surface area contributed by atoms with Gasteiger partial charge in [0.1, 0.15) is 17.2 Å². The van der Waals surface area contributed by atoms with Gasteiger partial charge in [0.2, 0.25) is 0 Å². The molecule has 0 aliphatic rings. The van der Waals surface area contributed by atoms with Crippen LogP contribution >= 0.6 is 0 Å². The summed E-state index contributed by atoms with van der Waals surface area (Å²) in [4.78, 5) is 24.3. The molecule has 162 valence electrons. The Morgan fingerprint density at radius 1 is 1.39 bits per heavy atom. The predicted octanol–water partition coefficient (Wildman–Crippen LogP) is 3.26. The molecule has 0 saturated carbocycles. The van der Waals surface area contributed by atoms with Gasteiger partial charge in [0, 0.05) is 24.2 Å². The van der Waals surface area contributed by atoms with Crippen LogP contribution in [-0.2, 0) is 7.05 Å². The van der Waals surface area contributed by atoms with Crippen LogP contribution in [0.1, 0.15) is 26.7 Å². The van der Waals surface area contributed by atoms with E-state index in [-0.39, 0.29) is 11.6 Å². The van der Waals surface area contributed by atoms with Gasteiger partial charge in [0.25, 0.3) is 0 Å². The molecule has 10 heteroatoms. The molecule has 4 N–H and O–H groups in total. The van der Waals surface area contributed by atoms with Crippen LogP contribution in [0.15, 0.2) is 30.6 Å². The first-order valence-corrected chi connectivity index (χ1v) is 9.94. The standard InChI is InChI=1S/C21H24FN7O2/c1-21(2,7-4-8-23)27-20(30)31-16-11-25-19-18(16)26-14(10-24-19)17-13-6-5-12(22)9-15(13)29(3)28-17/h5-6,9-11H,4,7-8,23H2,1-3H3,(H,24,25)(H,27,30). The van der Waals surface area contributed by atoms with E-state index in [0.29, 0.717) is 34.6 Å². The Morgan fingerprint density at radius 2 is 2.19 bits per heavy atom. The number of benzene rings is 1. The van der Waals surface area contributed by atoms with Gasteiger partial charge in [-0.2, -0.15) is 5.10 Å². The van der Waals surface area contributed by atoms with E-state index in [2.05, 4.69) is 25.4 Å². The van der Waals surface area contributed by atoms with Crippen LogP contribution in [0.4, 0.5) is 9.18 Å². The molecule has 1 aromatic carbocycles. The number of nitrogens with two attached hydrogens (primary N) is 1. The molecule has 0 saturated heterocycles. The number of fused-ring (bicyclic) bond motifs is 2. The predicted molar refractivity (Wildman–Crippen MR) is 115 cm³/mol.